The molecule has 1 aromatic rings. The molecule has 2 aliphatic rings. The fourth-order valence-corrected chi connectivity index (χ4v) is 4.06. The third-order valence-corrected chi connectivity index (χ3v) is 4.98. The van der Waals surface area contributed by atoms with E-state index in [0.717, 1.165) is 18.5 Å². The van der Waals surface area contributed by atoms with Crippen molar-refractivity contribution in [3.8, 4) is 0 Å². The number of benzene rings is 1. The van der Waals surface area contributed by atoms with Crippen LogP contribution in [0.4, 0.5) is 10.5 Å². The molecular formula is C17H21NO3. The molecule has 1 amide bonds. The van der Waals surface area contributed by atoms with Crippen LogP contribution < -0.4 is 5.32 Å². The summed E-state index contributed by atoms with van der Waals surface area (Å²) in [6, 6.07) is 9.27. The SMILES string of the molecule is C[C@]12CC[C@](C)(CC(=O)C1)C2OC(=O)Nc1ccccc1. The summed E-state index contributed by atoms with van der Waals surface area (Å²) >= 11 is 0. The number of ketones is 1. The summed E-state index contributed by atoms with van der Waals surface area (Å²) in [6.07, 6.45) is 2.31. The summed E-state index contributed by atoms with van der Waals surface area (Å²) in [4.78, 5) is 24.0. The molecule has 0 saturated heterocycles. The second kappa shape index (κ2) is 4.86. The number of amides is 1. The molecule has 1 unspecified atom stereocenters. The van der Waals surface area contributed by atoms with E-state index in [2.05, 4.69) is 19.2 Å². The Morgan fingerprint density at radius 2 is 1.71 bits per heavy atom. The first-order valence-electron chi connectivity index (χ1n) is 7.46. The molecule has 4 nitrogen and oxygen atoms in total. The first-order chi connectivity index (χ1) is 9.91. The molecule has 1 aromatic carbocycles. The van der Waals surface area contributed by atoms with Crippen LogP contribution >= 0.6 is 0 Å². The molecule has 2 aliphatic carbocycles. The van der Waals surface area contributed by atoms with Crippen molar-refractivity contribution < 1.29 is 14.3 Å². The number of anilines is 1. The summed E-state index contributed by atoms with van der Waals surface area (Å²) < 4.78 is 5.73. The van der Waals surface area contributed by atoms with E-state index in [9.17, 15) is 9.59 Å². The van der Waals surface area contributed by atoms with Crippen LogP contribution in [0.15, 0.2) is 30.3 Å². The van der Waals surface area contributed by atoms with Crippen molar-refractivity contribution in [1.82, 2.24) is 0 Å². The van der Waals surface area contributed by atoms with Crippen molar-refractivity contribution in [3.63, 3.8) is 0 Å². The van der Waals surface area contributed by atoms with E-state index in [-0.39, 0.29) is 16.9 Å². The number of hydrogen-bond acceptors (Lipinski definition) is 3. The van der Waals surface area contributed by atoms with Crippen molar-refractivity contribution >= 4 is 17.6 Å². The van der Waals surface area contributed by atoms with E-state index in [4.69, 9.17) is 4.74 Å². The molecule has 1 N–H and O–H groups in total. The van der Waals surface area contributed by atoms with Gasteiger partial charge < -0.3 is 4.74 Å². The van der Waals surface area contributed by atoms with E-state index in [0.29, 0.717) is 18.6 Å². The van der Waals surface area contributed by atoms with Crippen molar-refractivity contribution in [2.45, 2.75) is 45.6 Å². The molecule has 4 heteroatoms. The van der Waals surface area contributed by atoms with Gasteiger partial charge in [0, 0.05) is 29.4 Å². The van der Waals surface area contributed by atoms with Crippen LogP contribution in [0.25, 0.3) is 0 Å². The van der Waals surface area contributed by atoms with Crippen LogP contribution in [0, 0.1) is 10.8 Å². The number of fused-ring (bicyclic) bond motifs is 2. The summed E-state index contributed by atoms with van der Waals surface area (Å²) in [5.41, 5.74) is 0.299. The highest BCUT2D eigenvalue weighted by Gasteiger charge is 2.59. The molecular weight excluding hydrogens is 266 g/mol. The monoisotopic (exact) mass is 287 g/mol. The zero-order chi connectivity index (χ0) is 15.1. The number of ether oxygens (including phenoxy) is 1. The normalized spacial score (nSPS) is 34.6. The molecule has 3 atom stereocenters. The van der Waals surface area contributed by atoms with Crippen molar-refractivity contribution in [3.05, 3.63) is 30.3 Å². The zero-order valence-corrected chi connectivity index (χ0v) is 12.5. The molecule has 2 fully saturated rings. The van der Waals surface area contributed by atoms with Gasteiger partial charge in [-0.15, -0.1) is 0 Å². The van der Waals surface area contributed by atoms with Crippen LogP contribution in [-0.2, 0) is 9.53 Å². The molecule has 112 valence electrons. The molecule has 2 saturated carbocycles. The number of Topliss-reactive ketones (excluding diaryl/α,β-unsaturated/α-hetero) is 1. The predicted molar refractivity (Wildman–Crippen MR) is 80.0 cm³/mol. The fourth-order valence-electron chi connectivity index (χ4n) is 4.06. The Kier molecular flexibility index (Phi) is 3.27. The Morgan fingerprint density at radius 1 is 1.14 bits per heavy atom. The van der Waals surface area contributed by atoms with Gasteiger partial charge in [0.1, 0.15) is 11.9 Å². The molecule has 0 aromatic heterocycles. The molecule has 0 heterocycles. The standard InChI is InChI=1S/C17H21NO3/c1-16-8-9-17(2,11-13(19)10-16)14(16)21-15(20)18-12-6-4-3-5-7-12/h3-7,14H,8-11H2,1-2H3,(H,18,20)/t14?,16-,17+. The van der Waals surface area contributed by atoms with Gasteiger partial charge in [0.25, 0.3) is 0 Å². The number of hydrogen-bond donors (Lipinski definition) is 1. The number of nitrogens with one attached hydrogen (secondary N) is 1. The van der Waals surface area contributed by atoms with Gasteiger partial charge in [0.2, 0.25) is 0 Å². The van der Waals surface area contributed by atoms with Crippen LogP contribution in [-0.4, -0.2) is 18.0 Å². The lowest BCUT2D eigenvalue weighted by atomic mass is 9.67. The van der Waals surface area contributed by atoms with Crippen LogP contribution in [0.5, 0.6) is 0 Å². The summed E-state index contributed by atoms with van der Waals surface area (Å²) in [7, 11) is 0. The van der Waals surface area contributed by atoms with Gasteiger partial charge in [-0.3, -0.25) is 10.1 Å². The zero-order valence-electron chi connectivity index (χ0n) is 12.5. The topological polar surface area (TPSA) is 55.4 Å². The maximum atomic E-state index is 12.1. The lowest BCUT2D eigenvalue weighted by molar-refractivity contribution is -0.134. The van der Waals surface area contributed by atoms with E-state index >= 15 is 0 Å². The average molecular weight is 287 g/mol. The number of rotatable bonds is 2. The number of para-hydroxylation sites is 1. The molecule has 0 spiro atoms. The third-order valence-electron chi connectivity index (χ3n) is 4.98. The Balaban J connectivity index is 1.72. The highest BCUT2D eigenvalue weighted by molar-refractivity contribution is 5.85. The van der Waals surface area contributed by atoms with Crippen molar-refractivity contribution in [1.29, 1.82) is 0 Å². The Labute approximate surface area is 124 Å². The van der Waals surface area contributed by atoms with E-state index in [1.54, 1.807) is 0 Å². The molecule has 0 aliphatic heterocycles. The minimum absolute atomic E-state index is 0.189. The van der Waals surface area contributed by atoms with Crippen molar-refractivity contribution in [2.75, 3.05) is 5.32 Å². The fraction of sp³-hybridized carbons (Fsp3) is 0.529. The smallest absolute Gasteiger partial charge is 0.411 e. The Morgan fingerprint density at radius 3 is 2.29 bits per heavy atom. The van der Waals surface area contributed by atoms with Gasteiger partial charge in [-0.25, -0.2) is 4.79 Å². The first-order valence-corrected chi connectivity index (χ1v) is 7.46. The van der Waals surface area contributed by atoms with Gasteiger partial charge in [0.15, 0.2) is 0 Å². The minimum Gasteiger partial charge on any atom is -0.445 e. The third kappa shape index (κ3) is 2.55. The summed E-state index contributed by atoms with van der Waals surface area (Å²) in [5.74, 6) is 0.292. The van der Waals surface area contributed by atoms with Gasteiger partial charge in [-0.1, -0.05) is 32.0 Å². The highest BCUT2D eigenvalue weighted by atomic mass is 16.6. The second-order valence-electron chi connectivity index (χ2n) is 6.98. The summed E-state index contributed by atoms with van der Waals surface area (Å²) in [5, 5.41) is 2.76. The van der Waals surface area contributed by atoms with Gasteiger partial charge in [-0.2, -0.15) is 0 Å². The Hall–Kier alpha value is -1.84. The van der Waals surface area contributed by atoms with Crippen molar-refractivity contribution in [2.24, 2.45) is 10.8 Å². The largest absolute Gasteiger partial charge is 0.445 e. The lowest BCUT2D eigenvalue weighted by Gasteiger charge is -2.42. The molecule has 0 radical (unpaired) electrons. The van der Waals surface area contributed by atoms with E-state index in [1.165, 1.54) is 0 Å². The summed E-state index contributed by atoms with van der Waals surface area (Å²) in [6.45, 7) is 4.13. The van der Waals surface area contributed by atoms with E-state index < -0.39 is 6.09 Å². The maximum absolute atomic E-state index is 12.1. The van der Waals surface area contributed by atoms with Gasteiger partial charge >= 0.3 is 6.09 Å². The van der Waals surface area contributed by atoms with Crippen LogP contribution in [0.1, 0.15) is 39.5 Å². The van der Waals surface area contributed by atoms with Crippen LogP contribution in [0.3, 0.4) is 0 Å². The number of carbonyl (C=O) groups is 2. The maximum Gasteiger partial charge on any atom is 0.411 e. The van der Waals surface area contributed by atoms with Crippen LogP contribution in [0.2, 0.25) is 0 Å². The average Bonchev–Trinajstić information content (AvgIpc) is 2.57. The predicted octanol–water partition coefficient (Wildman–Crippen LogP) is 3.77. The Bertz CT molecular complexity index is 549. The molecule has 21 heavy (non-hydrogen) atoms. The molecule has 3 rings (SSSR count). The lowest BCUT2D eigenvalue weighted by Crippen LogP contribution is -2.47. The number of carbonyl (C=O) groups excluding carboxylic acids is 2. The highest BCUT2D eigenvalue weighted by Crippen LogP contribution is 2.58. The quantitative estimate of drug-likeness (QED) is 0.900. The first kappa shape index (κ1) is 14.1. The second-order valence-corrected chi connectivity index (χ2v) is 6.98. The van der Waals surface area contributed by atoms with Gasteiger partial charge in [0.05, 0.1) is 0 Å². The van der Waals surface area contributed by atoms with E-state index in [1.807, 2.05) is 30.3 Å². The minimum atomic E-state index is -0.431. The molecule has 2 bridgehead atoms. The van der Waals surface area contributed by atoms with Gasteiger partial charge in [-0.05, 0) is 25.0 Å².